The van der Waals surface area contributed by atoms with E-state index in [1.54, 1.807) is 18.2 Å². The molecule has 0 aliphatic heterocycles. The van der Waals surface area contributed by atoms with Crippen LogP contribution in [0.5, 0.6) is 5.75 Å². The van der Waals surface area contributed by atoms with Gasteiger partial charge in [0.05, 0.1) is 5.57 Å². The summed E-state index contributed by atoms with van der Waals surface area (Å²) in [5.41, 5.74) is 5.76. The number of para-hydroxylation sites is 1. The average Bonchev–Trinajstić information content (AvgIpc) is 2.16. The van der Waals surface area contributed by atoms with Crippen LogP contribution in [0, 0.1) is 0 Å². The van der Waals surface area contributed by atoms with E-state index in [9.17, 15) is 9.90 Å². The molecule has 1 aromatic rings. The number of carboxylic acids is 1. The molecule has 4 nitrogen and oxygen atoms in total. The SMILES string of the molecule is NCC(=Cc1ccccc1O)C(=O)O. The number of phenolic OH excluding ortho intramolecular Hbond substituents is 1. The molecule has 4 N–H and O–H groups in total. The Morgan fingerprint density at radius 2 is 2.07 bits per heavy atom. The van der Waals surface area contributed by atoms with Crippen molar-refractivity contribution in [3.05, 3.63) is 35.4 Å². The lowest BCUT2D eigenvalue weighted by Crippen LogP contribution is -2.11. The normalized spacial score (nSPS) is 11.4. The molecule has 0 amide bonds. The third-order valence-electron chi connectivity index (χ3n) is 1.76. The fourth-order valence-electron chi connectivity index (χ4n) is 1.01. The summed E-state index contributed by atoms with van der Waals surface area (Å²) in [4.78, 5) is 10.6. The summed E-state index contributed by atoms with van der Waals surface area (Å²) in [5, 5.41) is 18.1. The van der Waals surface area contributed by atoms with Crippen LogP contribution in [0.1, 0.15) is 5.56 Å². The smallest absolute Gasteiger partial charge is 0.332 e. The van der Waals surface area contributed by atoms with Gasteiger partial charge in [-0.15, -0.1) is 0 Å². The summed E-state index contributed by atoms with van der Waals surface area (Å²) < 4.78 is 0. The molecule has 0 spiro atoms. The molecule has 0 heterocycles. The zero-order chi connectivity index (χ0) is 10.6. The quantitative estimate of drug-likeness (QED) is 0.620. The lowest BCUT2D eigenvalue weighted by molar-refractivity contribution is -0.132. The summed E-state index contributed by atoms with van der Waals surface area (Å²) in [6, 6.07) is 6.48. The number of hydrogen-bond acceptors (Lipinski definition) is 3. The number of carboxylic acid groups (broad SMARTS) is 1. The van der Waals surface area contributed by atoms with Gasteiger partial charge < -0.3 is 15.9 Å². The molecule has 0 saturated carbocycles. The van der Waals surface area contributed by atoms with Gasteiger partial charge in [0.15, 0.2) is 0 Å². The number of hydrogen-bond donors (Lipinski definition) is 3. The molecule has 0 bridgehead atoms. The fourth-order valence-corrected chi connectivity index (χ4v) is 1.01. The highest BCUT2D eigenvalue weighted by molar-refractivity contribution is 5.93. The van der Waals surface area contributed by atoms with Gasteiger partial charge >= 0.3 is 5.97 Å². The van der Waals surface area contributed by atoms with E-state index in [0.717, 1.165) is 0 Å². The van der Waals surface area contributed by atoms with Gasteiger partial charge in [-0.05, 0) is 12.1 Å². The van der Waals surface area contributed by atoms with Crippen molar-refractivity contribution in [2.24, 2.45) is 5.73 Å². The molecule has 0 aromatic heterocycles. The Bertz CT molecular complexity index is 371. The van der Waals surface area contributed by atoms with E-state index in [1.165, 1.54) is 12.1 Å². The van der Waals surface area contributed by atoms with Crippen molar-refractivity contribution in [1.29, 1.82) is 0 Å². The first-order valence-electron chi connectivity index (χ1n) is 4.07. The Morgan fingerprint density at radius 3 is 2.57 bits per heavy atom. The van der Waals surface area contributed by atoms with Crippen molar-refractivity contribution in [3.63, 3.8) is 0 Å². The molecule has 0 aliphatic rings. The van der Waals surface area contributed by atoms with Crippen molar-refractivity contribution >= 4 is 12.0 Å². The minimum absolute atomic E-state index is 0.0414. The maximum absolute atomic E-state index is 10.6. The van der Waals surface area contributed by atoms with Gasteiger partial charge in [-0.1, -0.05) is 18.2 Å². The van der Waals surface area contributed by atoms with E-state index in [2.05, 4.69) is 0 Å². The summed E-state index contributed by atoms with van der Waals surface area (Å²) >= 11 is 0. The lowest BCUT2D eigenvalue weighted by atomic mass is 10.1. The molecule has 0 radical (unpaired) electrons. The van der Waals surface area contributed by atoms with Crippen LogP contribution in [0.15, 0.2) is 29.8 Å². The van der Waals surface area contributed by atoms with Gasteiger partial charge in [-0.25, -0.2) is 4.79 Å². The maximum Gasteiger partial charge on any atom is 0.332 e. The van der Waals surface area contributed by atoms with Crippen LogP contribution in [0.3, 0.4) is 0 Å². The highest BCUT2D eigenvalue weighted by Crippen LogP contribution is 2.18. The molecular weight excluding hydrogens is 182 g/mol. The van der Waals surface area contributed by atoms with Crippen LogP contribution in [-0.4, -0.2) is 22.7 Å². The molecule has 0 fully saturated rings. The Kier molecular flexibility index (Phi) is 3.25. The largest absolute Gasteiger partial charge is 0.507 e. The number of phenols is 1. The summed E-state index contributed by atoms with van der Waals surface area (Å²) in [6.45, 7) is -0.0658. The van der Waals surface area contributed by atoms with E-state index < -0.39 is 5.97 Å². The molecule has 0 saturated heterocycles. The van der Waals surface area contributed by atoms with Crippen LogP contribution >= 0.6 is 0 Å². The van der Waals surface area contributed by atoms with Crippen LogP contribution in [-0.2, 0) is 4.79 Å². The van der Waals surface area contributed by atoms with E-state index in [-0.39, 0.29) is 17.9 Å². The first-order valence-corrected chi connectivity index (χ1v) is 4.07. The zero-order valence-corrected chi connectivity index (χ0v) is 7.47. The second kappa shape index (κ2) is 4.43. The van der Waals surface area contributed by atoms with Gasteiger partial charge in [0, 0.05) is 12.1 Å². The van der Waals surface area contributed by atoms with E-state index in [1.807, 2.05) is 0 Å². The number of nitrogens with two attached hydrogens (primary N) is 1. The predicted octanol–water partition coefficient (Wildman–Crippen LogP) is 0.819. The number of aromatic hydroxyl groups is 1. The van der Waals surface area contributed by atoms with Crippen LogP contribution in [0.25, 0.3) is 6.08 Å². The molecule has 1 aromatic carbocycles. The highest BCUT2D eigenvalue weighted by Gasteiger charge is 2.05. The van der Waals surface area contributed by atoms with Crippen molar-refractivity contribution in [2.45, 2.75) is 0 Å². The molecule has 0 atom stereocenters. The first kappa shape index (κ1) is 10.3. The summed E-state index contributed by atoms with van der Waals surface area (Å²) in [7, 11) is 0. The molecule has 14 heavy (non-hydrogen) atoms. The Morgan fingerprint density at radius 1 is 1.43 bits per heavy atom. The summed E-state index contributed by atoms with van der Waals surface area (Å²) in [6.07, 6.45) is 1.36. The van der Waals surface area contributed by atoms with Crippen LogP contribution < -0.4 is 5.73 Å². The molecule has 4 heteroatoms. The topological polar surface area (TPSA) is 83.5 Å². The maximum atomic E-state index is 10.6. The first-order chi connectivity index (χ1) is 6.65. The number of carbonyl (C=O) groups is 1. The van der Waals surface area contributed by atoms with Crippen molar-refractivity contribution in [1.82, 2.24) is 0 Å². The third kappa shape index (κ3) is 2.34. The molecule has 0 unspecified atom stereocenters. The zero-order valence-electron chi connectivity index (χ0n) is 7.47. The number of benzene rings is 1. The molecule has 0 aliphatic carbocycles. The average molecular weight is 193 g/mol. The predicted molar refractivity (Wildman–Crippen MR) is 52.8 cm³/mol. The molecular formula is C10H11NO3. The van der Waals surface area contributed by atoms with Gasteiger partial charge in [-0.3, -0.25) is 0 Å². The minimum atomic E-state index is -1.07. The monoisotopic (exact) mass is 193 g/mol. The van der Waals surface area contributed by atoms with E-state index in [4.69, 9.17) is 10.8 Å². The minimum Gasteiger partial charge on any atom is -0.507 e. The molecule has 1 rings (SSSR count). The Balaban J connectivity index is 3.07. The fraction of sp³-hybridized carbons (Fsp3) is 0.100. The Labute approximate surface area is 81.3 Å². The second-order valence-corrected chi connectivity index (χ2v) is 2.74. The standard InChI is InChI=1S/C10H11NO3/c11-6-8(10(13)14)5-7-3-1-2-4-9(7)12/h1-5,12H,6,11H2,(H,13,14). The highest BCUT2D eigenvalue weighted by atomic mass is 16.4. The van der Waals surface area contributed by atoms with Crippen LogP contribution in [0.4, 0.5) is 0 Å². The van der Waals surface area contributed by atoms with Gasteiger partial charge in [-0.2, -0.15) is 0 Å². The Hall–Kier alpha value is -1.81. The number of rotatable bonds is 3. The van der Waals surface area contributed by atoms with Gasteiger partial charge in [0.25, 0.3) is 0 Å². The van der Waals surface area contributed by atoms with Crippen molar-refractivity contribution < 1.29 is 15.0 Å². The molecule has 74 valence electrons. The van der Waals surface area contributed by atoms with Gasteiger partial charge in [0.1, 0.15) is 5.75 Å². The van der Waals surface area contributed by atoms with Gasteiger partial charge in [0.2, 0.25) is 0 Å². The van der Waals surface area contributed by atoms with Crippen molar-refractivity contribution in [3.8, 4) is 5.75 Å². The second-order valence-electron chi connectivity index (χ2n) is 2.74. The third-order valence-corrected chi connectivity index (χ3v) is 1.76. The van der Waals surface area contributed by atoms with Crippen LogP contribution in [0.2, 0.25) is 0 Å². The van der Waals surface area contributed by atoms with E-state index in [0.29, 0.717) is 5.56 Å². The van der Waals surface area contributed by atoms with E-state index >= 15 is 0 Å². The lowest BCUT2D eigenvalue weighted by Gasteiger charge is -2.00. The van der Waals surface area contributed by atoms with Crippen molar-refractivity contribution in [2.75, 3.05) is 6.54 Å². The number of aliphatic carboxylic acids is 1. The summed E-state index contributed by atoms with van der Waals surface area (Å²) in [5.74, 6) is -1.03.